The van der Waals surface area contributed by atoms with E-state index in [1.807, 2.05) is 0 Å². The first-order valence-corrected chi connectivity index (χ1v) is 6.29. The standard InChI is InChI=1S/C14H11N3O4/c18-12-10-3-2-9(14(20)21)8-11(10)13(19)17(12)7-6-16-5-1-4-15-16/h1-5,8H,6-7H2,(H,20,21). The van der Waals surface area contributed by atoms with E-state index in [0.717, 1.165) is 4.90 Å². The Morgan fingerprint density at radius 1 is 1.14 bits per heavy atom. The average Bonchev–Trinajstić information content (AvgIpc) is 3.06. The quantitative estimate of drug-likeness (QED) is 0.842. The van der Waals surface area contributed by atoms with Gasteiger partial charge in [0.2, 0.25) is 0 Å². The highest BCUT2D eigenvalue weighted by Crippen LogP contribution is 2.24. The van der Waals surface area contributed by atoms with Gasteiger partial charge >= 0.3 is 5.97 Å². The number of carbonyl (C=O) groups is 3. The second kappa shape index (κ2) is 4.86. The van der Waals surface area contributed by atoms with Gasteiger partial charge in [0, 0.05) is 18.9 Å². The molecule has 0 spiro atoms. The summed E-state index contributed by atoms with van der Waals surface area (Å²) in [6.45, 7) is 0.584. The van der Waals surface area contributed by atoms with E-state index in [2.05, 4.69) is 5.10 Å². The van der Waals surface area contributed by atoms with Crippen LogP contribution in [0.4, 0.5) is 0 Å². The van der Waals surface area contributed by atoms with Gasteiger partial charge in [0.1, 0.15) is 0 Å². The SMILES string of the molecule is O=C(O)c1ccc2c(c1)C(=O)N(CCn1cccn1)C2=O. The van der Waals surface area contributed by atoms with Gasteiger partial charge in [0.05, 0.1) is 23.2 Å². The minimum absolute atomic E-state index is 0.0103. The Labute approximate surface area is 119 Å². The van der Waals surface area contributed by atoms with E-state index in [1.54, 1.807) is 23.1 Å². The lowest BCUT2D eigenvalue weighted by atomic mass is 10.1. The van der Waals surface area contributed by atoms with Gasteiger partial charge in [0.15, 0.2) is 0 Å². The third-order valence-electron chi connectivity index (χ3n) is 3.33. The summed E-state index contributed by atoms with van der Waals surface area (Å²) in [4.78, 5) is 36.4. The van der Waals surface area contributed by atoms with Crippen LogP contribution in [0.3, 0.4) is 0 Å². The topological polar surface area (TPSA) is 92.5 Å². The van der Waals surface area contributed by atoms with Crippen molar-refractivity contribution in [2.75, 3.05) is 6.54 Å². The van der Waals surface area contributed by atoms with Crippen molar-refractivity contribution in [3.05, 3.63) is 53.3 Å². The Morgan fingerprint density at radius 3 is 2.57 bits per heavy atom. The number of hydrogen-bond acceptors (Lipinski definition) is 4. The van der Waals surface area contributed by atoms with Crippen molar-refractivity contribution in [3.8, 4) is 0 Å². The first kappa shape index (κ1) is 13.0. The number of aromatic carboxylic acids is 1. The first-order chi connectivity index (χ1) is 10.1. The fourth-order valence-electron chi connectivity index (χ4n) is 2.26. The summed E-state index contributed by atoms with van der Waals surface area (Å²) in [5.41, 5.74) is 0.370. The molecule has 1 aromatic heterocycles. The van der Waals surface area contributed by atoms with Gasteiger partial charge in [-0.1, -0.05) is 0 Å². The van der Waals surface area contributed by atoms with Crippen LogP contribution in [0.1, 0.15) is 31.1 Å². The predicted octanol–water partition coefficient (Wildman–Crippen LogP) is 0.877. The molecule has 21 heavy (non-hydrogen) atoms. The summed E-state index contributed by atoms with van der Waals surface area (Å²) < 4.78 is 1.62. The minimum Gasteiger partial charge on any atom is -0.478 e. The lowest BCUT2D eigenvalue weighted by molar-refractivity contribution is 0.0646. The minimum atomic E-state index is -1.13. The van der Waals surface area contributed by atoms with Crippen molar-refractivity contribution in [1.82, 2.24) is 14.7 Å². The Bertz CT molecular complexity index is 737. The van der Waals surface area contributed by atoms with Gasteiger partial charge in [-0.15, -0.1) is 0 Å². The van der Waals surface area contributed by atoms with E-state index < -0.39 is 17.8 Å². The Hall–Kier alpha value is -2.96. The van der Waals surface area contributed by atoms with Gasteiger partial charge in [-0.3, -0.25) is 19.2 Å². The number of hydrogen-bond donors (Lipinski definition) is 1. The molecule has 0 radical (unpaired) electrons. The van der Waals surface area contributed by atoms with Crippen LogP contribution in [-0.4, -0.2) is 44.1 Å². The highest BCUT2D eigenvalue weighted by molar-refractivity contribution is 6.21. The molecular formula is C14H11N3O4. The molecule has 0 aliphatic carbocycles. The number of benzene rings is 1. The van der Waals surface area contributed by atoms with Gasteiger partial charge in [-0.2, -0.15) is 5.10 Å². The number of imide groups is 1. The molecule has 2 aromatic rings. The van der Waals surface area contributed by atoms with Crippen molar-refractivity contribution in [2.45, 2.75) is 6.54 Å². The van der Waals surface area contributed by atoms with Gasteiger partial charge in [-0.25, -0.2) is 4.79 Å². The molecule has 1 aliphatic rings. The summed E-state index contributed by atoms with van der Waals surface area (Å²) in [6, 6.07) is 5.70. The van der Waals surface area contributed by atoms with Crippen molar-refractivity contribution < 1.29 is 19.5 Å². The smallest absolute Gasteiger partial charge is 0.335 e. The molecule has 7 heteroatoms. The van der Waals surface area contributed by atoms with Crippen LogP contribution in [0.15, 0.2) is 36.7 Å². The third-order valence-corrected chi connectivity index (χ3v) is 3.33. The van der Waals surface area contributed by atoms with E-state index in [4.69, 9.17) is 5.11 Å². The van der Waals surface area contributed by atoms with Crippen LogP contribution >= 0.6 is 0 Å². The fourth-order valence-corrected chi connectivity index (χ4v) is 2.26. The largest absolute Gasteiger partial charge is 0.478 e. The number of amides is 2. The first-order valence-electron chi connectivity index (χ1n) is 6.29. The maximum absolute atomic E-state index is 12.2. The summed E-state index contributed by atoms with van der Waals surface area (Å²) in [6.07, 6.45) is 3.35. The summed E-state index contributed by atoms with van der Waals surface area (Å²) in [5.74, 6) is -2.00. The molecule has 3 rings (SSSR count). The highest BCUT2D eigenvalue weighted by atomic mass is 16.4. The predicted molar refractivity (Wildman–Crippen MR) is 71.0 cm³/mol. The molecule has 1 aliphatic heterocycles. The van der Waals surface area contributed by atoms with Crippen molar-refractivity contribution in [1.29, 1.82) is 0 Å². The van der Waals surface area contributed by atoms with E-state index >= 15 is 0 Å². The Morgan fingerprint density at radius 2 is 1.90 bits per heavy atom. The molecule has 106 valence electrons. The van der Waals surface area contributed by atoms with Crippen LogP contribution in [0.25, 0.3) is 0 Å². The van der Waals surface area contributed by atoms with Crippen LogP contribution in [0.2, 0.25) is 0 Å². The molecule has 0 unspecified atom stereocenters. The Kier molecular flexibility index (Phi) is 3.02. The van der Waals surface area contributed by atoms with Gasteiger partial charge in [-0.05, 0) is 24.3 Å². The number of aromatic nitrogens is 2. The molecule has 2 heterocycles. The average molecular weight is 285 g/mol. The van der Waals surface area contributed by atoms with Gasteiger partial charge < -0.3 is 5.11 Å². The number of fused-ring (bicyclic) bond motifs is 1. The number of nitrogens with zero attached hydrogens (tertiary/aromatic N) is 3. The zero-order valence-electron chi connectivity index (χ0n) is 10.9. The zero-order chi connectivity index (χ0) is 15.0. The maximum atomic E-state index is 12.2. The third kappa shape index (κ3) is 2.18. The van der Waals surface area contributed by atoms with Crippen LogP contribution in [-0.2, 0) is 6.54 Å². The lowest BCUT2D eigenvalue weighted by Gasteiger charge is -2.13. The maximum Gasteiger partial charge on any atom is 0.335 e. The molecule has 0 saturated heterocycles. The van der Waals surface area contributed by atoms with E-state index in [0.29, 0.717) is 6.54 Å². The van der Waals surface area contributed by atoms with Crippen molar-refractivity contribution in [3.63, 3.8) is 0 Å². The summed E-state index contributed by atoms with van der Waals surface area (Å²) >= 11 is 0. The molecule has 0 atom stereocenters. The number of carboxylic acid groups (broad SMARTS) is 1. The molecule has 7 nitrogen and oxygen atoms in total. The second-order valence-corrected chi connectivity index (χ2v) is 4.60. The van der Waals surface area contributed by atoms with E-state index in [-0.39, 0.29) is 23.2 Å². The monoisotopic (exact) mass is 285 g/mol. The molecule has 2 amide bonds. The molecular weight excluding hydrogens is 274 g/mol. The van der Waals surface area contributed by atoms with Crippen LogP contribution in [0, 0.1) is 0 Å². The fraction of sp³-hybridized carbons (Fsp3) is 0.143. The normalized spacial score (nSPS) is 13.6. The zero-order valence-corrected chi connectivity index (χ0v) is 10.9. The molecule has 1 aromatic carbocycles. The van der Waals surface area contributed by atoms with Gasteiger partial charge in [0.25, 0.3) is 11.8 Å². The number of carbonyl (C=O) groups excluding carboxylic acids is 2. The van der Waals surface area contributed by atoms with Crippen molar-refractivity contribution >= 4 is 17.8 Å². The molecule has 1 N–H and O–H groups in total. The highest BCUT2D eigenvalue weighted by Gasteiger charge is 2.35. The molecule has 0 fully saturated rings. The van der Waals surface area contributed by atoms with E-state index in [1.165, 1.54) is 18.2 Å². The summed E-state index contributed by atoms with van der Waals surface area (Å²) in [5, 5.41) is 12.9. The van der Waals surface area contributed by atoms with E-state index in [9.17, 15) is 14.4 Å². The molecule has 0 saturated carbocycles. The number of carboxylic acids is 1. The van der Waals surface area contributed by atoms with Crippen molar-refractivity contribution in [2.24, 2.45) is 0 Å². The number of rotatable bonds is 4. The van der Waals surface area contributed by atoms with Crippen LogP contribution in [0.5, 0.6) is 0 Å². The molecule has 0 bridgehead atoms. The van der Waals surface area contributed by atoms with Crippen LogP contribution < -0.4 is 0 Å². The Balaban J connectivity index is 1.84. The lowest BCUT2D eigenvalue weighted by Crippen LogP contribution is -2.33. The summed E-state index contributed by atoms with van der Waals surface area (Å²) in [7, 11) is 0. The second-order valence-electron chi connectivity index (χ2n) is 4.60.